The third kappa shape index (κ3) is 3.73. The summed E-state index contributed by atoms with van der Waals surface area (Å²) in [4.78, 5) is 27.2. The Bertz CT molecular complexity index is 1060. The third-order valence-electron chi connectivity index (χ3n) is 6.39. The van der Waals surface area contributed by atoms with Crippen molar-refractivity contribution in [3.05, 3.63) is 58.4 Å². The van der Waals surface area contributed by atoms with Crippen molar-refractivity contribution >= 4 is 11.9 Å². The Balaban J connectivity index is 1.22. The predicted octanol–water partition coefficient (Wildman–Crippen LogP) is 3.02. The number of nitrogens with zero attached hydrogens (tertiary/aromatic N) is 3. The molecular weight excluding hydrogens is 394 g/mol. The van der Waals surface area contributed by atoms with Gasteiger partial charge in [0.15, 0.2) is 5.69 Å². The number of carbonyl (C=O) groups is 2. The summed E-state index contributed by atoms with van der Waals surface area (Å²) in [5.41, 5.74) is 4.72. The quantitative estimate of drug-likeness (QED) is 0.530. The summed E-state index contributed by atoms with van der Waals surface area (Å²) in [6.07, 6.45) is 4.65. The summed E-state index contributed by atoms with van der Waals surface area (Å²) in [7, 11) is 0. The van der Waals surface area contributed by atoms with Crippen LogP contribution in [0.2, 0.25) is 0 Å². The van der Waals surface area contributed by atoms with Crippen LogP contribution in [0.5, 0.6) is 5.75 Å². The van der Waals surface area contributed by atoms with E-state index in [-0.39, 0.29) is 24.5 Å². The molecule has 1 fully saturated rings. The number of fused-ring (bicyclic) bond motifs is 3. The van der Waals surface area contributed by atoms with E-state index in [0.29, 0.717) is 25.4 Å². The number of benzene rings is 1. The van der Waals surface area contributed by atoms with Gasteiger partial charge >= 0.3 is 5.97 Å². The average molecular weight is 421 g/mol. The maximum absolute atomic E-state index is 13.0. The van der Waals surface area contributed by atoms with Crippen LogP contribution in [0.15, 0.2) is 35.9 Å². The Morgan fingerprint density at radius 3 is 2.71 bits per heavy atom. The number of carbonyl (C=O) groups excluding carboxylic acids is 2. The number of aromatic nitrogens is 2. The highest BCUT2D eigenvalue weighted by molar-refractivity contribution is 5.91. The molecule has 0 bridgehead atoms. The monoisotopic (exact) mass is 421 g/mol. The summed E-state index contributed by atoms with van der Waals surface area (Å²) in [5, 5.41) is 4.48. The van der Waals surface area contributed by atoms with Crippen LogP contribution < -0.4 is 4.74 Å². The first-order valence-electron chi connectivity index (χ1n) is 11.0. The SMILES string of the molecule is CCOC(=O)c1nn(CC(=O)N2CCC(Oc3ccccc3C)CC2)c2c1[C@@H]1C=C1C2. The highest BCUT2D eigenvalue weighted by atomic mass is 16.5. The number of hydrogen-bond donors (Lipinski definition) is 0. The summed E-state index contributed by atoms with van der Waals surface area (Å²) in [6.45, 7) is 5.62. The zero-order chi connectivity index (χ0) is 21.5. The number of ether oxygens (including phenoxy) is 2. The van der Waals surface area contributed by atoms with Crippen LogP contribution >= 0.6 is 0 Å². The van der Waals surface area contributed by atoms with E-state index in [0.717, 1.165) is 41.8 Å². The van der Waals surface area contributed by atoms with Gasteiger partial charge in [-0.25, -0.2) is 4.79 Å². The van der Waals surface area contributed by atoms with Crippen LogP contribution in [-0.2, 0) is 22.5 Å². The van der Waals surface area contributed by atoms with E-state index in [4.69, 9.17) is 9.47 Å². The molecule has 0 saturated carbocycles. The van der Waals surface area contributed by atoms with Crippen LogP contribution in [-0.4, -0.2) is 52.4 Å². The zero-order valence-electron chi connectivity index (χ0n) is 18.0. The summed E-state index contributed by atoms with van der Waals surface area (Å²) < 4.78 is 13.0. The predicted molar refractivity (Wildman–Crippen MR) is 114 cm³/mol. The largest absolute Gasteiger partial charge is 0.490 e. The molecule has 2 heterocycles. The Kier molecular flexibility index (Phi) is 5.04. The van der Waals surface area contributed by atoms with Crippen molar-refractivity contribution in [3.63, 3.8) is 0 Å². The molecule has 2 aliphatic carbocycles. The van der Waals surface area contributed by atoms with Gasteiger partial charge in [0.1, 0.15) is 18.4 Å². The molecule has 0 N–H and O–H groups in total. The second kappa shape index (κ2) is 7.87. The van der Waals surface area contributed by atoms with E-state index in [9.17, 15) is 9.59 Å². The number of amides is 1. The minimum atomic E-state index is -0.402. The molecule has 162 valence electrons. The number of piperidine rings is 1. The second-order valence-corrected chi connectivity index (χ2v) is 8.45. The Morgan fingerprint density at radius 2 is 1.97 bits per heavy atom. The van der Waals surface area contributed by atoms with E-state index in [1.807, 2.05) is 36.1 Å². The molecule has 7 heteroatoms. The normalized spacial score (nSPS) is 19.5. The lowest BCUT2D eigenvalue weighted by molar-refractivity contribution is -0.133. The first kappa shape index (κ1) is 19.8. The van der Waals surface area contributed by atoms with Gasteiger partial charge in [-0.3, -0.25) is 9.48 Å². The molecule has 1 aromatic carbocycles. The highest BCUT2D eigenvalue weighted by Crippen LogP contribution is 2.50. The summed E-state index contributed by atoms with van der Waals surface area (Å²) in [6, 6.07) is 8.02. The van der Waals surface area contributed by atoms with Crippen LogP contribution in [0.25, 0.3) is 0 Å². The molecule has 1 atom stereocenters. The third-order valence-corrected chi connectivity index (χ3v) is 6.39. The lowest BCUT2D eigenvalue weighted by Gasteiger charge is -2.32. The number of aryl methyl sites for hydroxylation is 1. The van der Waals surface area contributed by atoms with Crippen molar-refractivity contribution in [1.82, 2.24) is 14.7 Å². The average Bonchev–Trinajstić information content (AvgIpc) is 3.29. The molecule has 5 rings (SSSR count). The summed E-state index contributed by atoms with van der Waals surface area (Å²) >= 11 is 0. The molecule has 3 aliphatic rings. The lowest BCUT2D eigenvalue weighted by Crippen LogP contribution is -2.43. The molecule has 1 saturated heterocycles. The highest BCUT2D eigenvalue weighted by Gasteiger charge is 2.43. The van der Waals surface area contributed by atoms with Gasteiger partial charge in [-0.15, -0.1) is 0 Å². The number of rotatable bonds is 6. The minimum absolute atomic E-state index is 0.0320. The van der Waals surface area contributed by atoms with Gasteiger partial charge in [0.2, 0.25) is 5.91 Å². The zero-order valence-corrected chi connectivity index (χ0v) is 18.0. The second-order valence-electron chi connectivity index (χ2n) is 8.45. The maximum atomic E-state index is 13.0. The molecule has 1 aromatic heterocycles. The maximum Gasteiger partial charge on any atom is 0.359 e. The molecule has 31 heavy (non-hydrogen) atoms. The van der Waals surface area contributed by atoms with Crippen molar-refractivity contribution in [2.24, 2.45) is 0 Å². The van der Waals surface area contributed by atoms with Crippen molar-refractivity contribution < 1.29 is 19.1 Å². The van der Waals surface area contributed by atoms with Gasteiger partial charge in [0.05, 0.1) is 6.61 Å². The van der Waals surface area contributed by atoms with Gasteiger partial charge in [-0.1, -0.05) is 29.8 Å². The van der Waals surface area contributed by atoms with Crippen molar-refractivity contribution in [2.75, 3.05) is 19.7 Å². The number of likely N-dealkylation sites (tertiary alicyclic amines) is 1. The van der Waals surface area contributed by atoms with Crippen LogP contribution in [0.1, 0.15) is 53.0 Å². The van der Waals surface area contributed by atoms with Crippen LogP contribution in [0, 0.1) is 6.92 Å². The summed E-state index contributed by atoms with van der Waals surface area (Å²) in [5.74, 6) is 0.761. The number of allylic oxidation sites excluding steroid dienone is 2. The smallest absolute Gasteiger partial charge is 0.359 e. The number of para-hydroxylation sites is 1. The molecule has 0 unspecified atom stereocenters. The standard InChI is InChI=1S/C24H27N3O4/c1-3-30-24(29)23-22-18-12-16(18)13-19(22)27(25-23)14-21(28)26-10-8-17(9-11-26)31-20-7-5-4-6-15(20)2/h4-7,12,17-18H,3,8-11,13-14H2,1-2H3/t18-/m1/s1. The fraction of sp³-hybridized carbons (Fsp3) is 0.458. The molecule has 7 nitrogen and oxygen atoms in total. The molecule has 0 spiro atoms. The fourth-order valence-electron chi connectivity index (χ4n) is 4.62. The Labute approximate surface area is 181 Å². The van der Waals surface area contributed by atoms with Crippen molar-refractivity contribution in [2.45, 2.75) is 51.7 Å². The molecule has 2 aromatic rings. The molecule has 1 aliphatic heterocycles. The Hall–Kier alpha value is -3.09. The van der Waals surface area contributed by atoms with Gasteiger partial charge in [0.25, 0.3) is 0 Å². The lowest BCUT2D eigenvalue weighted by atomic mass is 10.1. The van der Waals surface area contributed by atoms with Gasteiger partial charge in [-0.05, 0) is 25.5 Å². The van der Waals surface area contributed by atoms with Crippen LogP contribution in [0.4, 0.5) is 0 Å². The molecule has 0 radical (unpaired) electrons. The van der Waals surface area contributed by atoms with Crippen molar-refractivity contribution in [3.8, 4) is 5.75 Å². The first-order chi connectivity index (χ1) is 15.0. The minimum Gasteiger partial charge on any atom is -0.490 e. The first-order valence-corrected chi connectivity index (χ1v) is 11.0. The van der Waals surface area contributed by atoms with Crippen molar-refractivity contribution in [1.29, 1.82) is 0 Å². The van der Waals surface area contributed by atoms with Crippen LogP contribution in [0.3, 0.4) is 0 Å². The van der Waals surface area contributed by atoms with E-state index < -0.39 is 5.97 Å². The molecular formula is C24H27N3O4. The van der Waals surface area contributed by atoms with E-state index in [1.54, 1.807) is 11.6 Å². The number of esters is 1. The molecule has 1 amide bonds. The number of hydrogen-bond acceptors (Lipinski definition) is 5. The Morgan fingerprint density at radius 1 is 1.19 bits per heavy atom. The van der Waals surface area contributed by atoms with Gasteiger partial charge in [-0.2, -0.15) is 5.10 Å². The van der Waals surface area contributed by atoms with E-state index >= 15 is 0 Å². The van der Waals surface area contributed by atoms with Gasteiger partial charge in [0, 0.05) is 49.5 Å². The topological polar surface area (TPSA) is 73.7 Å². The van der Waals surface area contributed by atoms with E-state index in [1.165, 1.54) is 5.57 Å². The van der Waals surface area contributed by atoms with Gasteiger partial charge < -0.3 is 14.4 Å². The fourth-order valence-corrected chi connectivity index (χ4v) is 4.62. The van der Waals surface area contributed by atoms with E-state index in [2.05, 4.69) is 11.2 Å².